The number of carbonyl (C=O) groups excluding carboxylic acids is 1. The summed E-state index contributed by atoms with van der Waals surface area (Å²) in [4.78, 5) is 11.8. The molecule has 1 aliphatic carbocycles. The minimum absolute atomic E-state index is 0.216. The first kappa shape index (κ1) is 18.3. The van der Waals surface area contributed by atoms with Crippen LogP contribution in [0.5, 0.6) is 0 Å². The van der Waals surface area contributed by atoms with Gasteiger partial charge in [-0.3, -0.25) is 4.79 Å². The van der Waals surface area contributed by atoms with Crippen molar-refractivity contribution in [2.45, 2.75) is 44.3 Å². The summed E-state index contributed by atoms with van der Waals surface area (Å²) in [6, 6.07) is 2.57. The van der Waals surface area contributed by atoms with Crippen molar-refractivity contribution in [3.05, 3.63) is 47.3 Å². The summed E-state index contributed by atoms with van der Waals surface area (Å²) in [5, 5.41) is 6.74. The minimum Gasteiger partial charge on any atom is -0.349 e. The highest BCUT2D eigenvalue weighted by Gasteiger charge is 2.30. The maximum atomic E-state index is 13.5. The van der Waals surface area contributed by atoms with Gasteiger partial charge in [0.15, 0.2) is 0 Å². The quantitative estimate of drug-likeness (QED) is 0.824. The van der Waals surface area contributed by atoms with E-state index >= 15 is 0 Å². The Morgan fingerprint density at radius 2 is 1.92 bits per heavy atom. The Balaban J connectivity index is 1.79. The van der Waals surface area contributed by atoms with Crippen molar-refractivity contribution in [1.29, 1.82) is 0 Å². The summed E-state index contributed by atoms with van der Waals surface area (Å²) in [6.45, 7) is 0. The molecule has 0 aliphatic heterocycles. The number of benzene rings is 1. The second-order valence-electron chi connectivity index (χ2n) is 6.21. The van der Waals surface area contributed by atoms with Gasteiger partial charge in [0.25, 0.3) is 0 Å². The van der Waals surface area contributed by atoms with Gasteiger partial charge in [-0.2, -0.15) is 18.3 Å². The predicted octanol–water partition coefficient (Wildman–Crippen LogP) is 3.99. The van der Waals surface area contributed by atoms with Crippen molar-refractivity contribution in [2.75, 3.05) is 0 Å². The van der Waals surface area contributed by atoms with Gasteiger partial charge in [0, 0.05) is 23.7 Å². The summed E-state index contributed by atoms with van der Waals surface area (Å²) in [5.74, 6) is -2.17. The van der Waals surface area contributed by atoms with Crippen LogP contribution in [0, 0.1) is 11.6 Å². The zero-order chi connectivity index (χ0) is 18.9. The van der Waals surface area contributed by atoms with E-state index in [0.717, 1.165) is 18.2 Å². The SMILES string of the molecule is O=C(CCC(F)(F)F)N[C@H]1CCCc2c1cnn2-c1cc(F)cc(F)c1. The van der Waals surface area contributed by atoms with Crippen molar-refractivity contribution in [3.63, 3.8) is 0 Å². The van der Waals surface area contributed by atoms with Gasteiger partial charge in [0.1, 0.15) is 11.6 Å². The van der Waals surface area contributed by atoms with Gasteiger partial charge in [0.2, 0.25) is 5.91 Å². The van der Waals surface area contributed by atoms with Gasteiger partial charge in [-0.25, -0.2) is 13.5 Å². The third-order valence-corrected chi connectivity index (χ3v) is 4.25. The van der Waals surface area contributed by atoms with Gasteiger partial charge in [-0.15, -0.1) is 0 Å². The van der Waals surface area contributed by atoms with Gasteiger partial charge in [0.05, 0.1) is 24.3 Å². The van der Waals surface area contributed by atoms with Crippen molar-refractivity contribution >= 4 is 5.91 Å². The first-order chi connectivity index (χ1) is 12.2. The first-order valence-corrected chi connectivity index (χ1v) is 8.12. The fraction of sp³-hybridized carbons (Fsp3) is 0.412. The number of halogens is 5. The Hall–Kier alpha value is -2.45. The van der Waals surface area contributed by atoms with Crippen LogP contribution in [0.1, 0.15) is 43.0 Å². The highest BCUT2D eigenvalue weighted by molar-refractivity contribution is 5.76. The van der Waals surface area contributed by atoms with Crippen LogP contribution in [0.4, 0.5) is 22.0 Å². The van der Waals surface area contributed by atoms with Gasteiger partial charge < -0.3 is 5.32 Å². The van der Waals surface area contributed by atoms with Crippen molar-refractivity contribution in [2.24, 2.45) is 0 Å². The molecular weight excluding hydrogens is 357 g/mol. The molecule has 0 bridgehead atoms. The summed E-state index contributed by atoms with van der Waals surface area (Å²) in [7, 11) is 0. The van der Waals surface area contributed by atoms with Gasteiger partial charge in [-0.05, 0) is 31.4 Å². The average molecular weight is 373 g/mol. The van der Waals surface area contributed by atoms with Crippen LogP contribution in [0.15, 0.2) is 24.4 Å². The molecule has 1 heterocycles. The van der Waals surface area contributed by atoms with Crippen LogP contribution in [0.25, 0.3) is 5.69 Å². The molecule has 1 amide bonds. The van der Waals surface area contributed by atoms with Crippen molar-refractivity contribution in [3.8, 4) is 5.69 Å². The number of hydrogen-bond acceptors (Lipinski definition) is 2. The van der Waals surface area contributed by atoms with Crippen LogP contribution in [-0.4, -0.2) is 21.9 Å². The van der Waals surface area contributed by atoms with Crippen molar-refractivity contribution < 1.29 is 26.7 Å². The normalized spacial score (nSPS) is 17.0. The molecule has 1 atom stereocenters. The number of rotatable bonds is 4. The predicted molar refractivity (Wildman–Crippen MR) is 82.6 cm³/mol. The van der Waals surface area contributed by atoms with E-state index in [1.54, 1.807) is 0 Å². The molecule has 0 unspecified atom stereocenters. The maximum absolute atomic E-state index is 13.5. The monoisotopic (exact) mass is 373 g/mol. The van der Waals surface area contributed by atoms with Crippen molar-refractivity contribution in [1.82, 2.24) is 15.1 Å². The molecule has 3 rings (SSSR count). The minimum atomic E-state index is -4.39. The lowest BCUT2D eigenvalue weighted by molar-refractivity contribution is -0.144. The standard InChI is InChI=1S/C17H16F5N3O/c18-10-6-11(19)8-12(7-10)25-15-3-1-2-14(13(15)9-23-25)24-16(26)4-5-17(20,21)22/h6-9,14H,1-5H2,(H,24,26)/t14-/m0/s1. The molecule has 9 heteroatoms. The molecule has 0 spiro atoms. The Bertz CT molecular complexity index is 795. The molecule has 1 aliphatic rings. The second-order valence-corrected chi connectivity index (χ2v) is 6.21. The molecule has 0 radical (unpaired) electrons. The highest BCUT2D eigenvalue weighted by atomic mass is 19.4. The Morgan fingerprint density at radius 3 is 2.58 bits per heavy atom. The number of carbonyl (C=O) groups is 1. The topological polar surface area (TPSA) is 46.9 Å². The Kier molecular flexibility index (Phi) is 4.97. The zero-order valence-electron chi connectivity index (χ0n) is 13.6. The lowest BCUT2D eigenvalue weighted by atomic mass is 9.92. The van der Waals surface area contributed by atoms with E-state index in [9.17, 15) is 26.7 Å². The zero-order valence-corrected chi connectivity index (χ0v) is 13.6. The molecule has 0 fully saturated rings. The average Bonchev–Trinajstić information content (AvgIpc) is 2.96. The molecule has 1 aromatic carbocycles. The maximum Gasteiger partial charge on any atom is 0.389 e. The third-order valence-electron chi connectivity index (χ3n) is 4.25. The number of fused-ring (bicyclic) bond motifs is 1. The number of aromatic nitrogens is 2. The number of alkyl halides is 3. The van der Waals surface area contributed by atoms with Crippen LogP contribution in [0.3, 0.4) is 0 Å². The van der Waals surface area contributed by atoms with E-state index < -0.39 is 42.6 Å². The molecule has 2 aromatic rings. The van der Waals surface area contributed by atoms with Crippen LogP contribution in [-0.2, 0) is 11.2 Å². The number of nitrogens with zero attached hydrogens (tertiary/aromatic N) is 2. The molecule has 4 nitrogen and oxygen atoms in total. The largest absolute Gasteiger partial charge is 0.389 e. The third kappa shape index (κ3) is 4.20. The molecule has 1 N–H and O–H groups in total. The summed E-state index contributed by atoms with van der Waals surface area (Å²) in [6.07, 6.45) is -2.91. The smallest absolute Gasteiger partial charge is 0.349 e. The molecule has 1 aromatic heterocycles. The second kappa shape index (κ2) is 7.05. The van der Waals surface area contributed by atoms with Crippen LogP contribution in [0.2, 0.25) is 0 Å². The Labute approximate surface area is 146 Å². The lowest BCUT2D eigenvalue weighted by Gasteiger charge is -2.24. The van der Waals surface area contributed by atoms with E-state index in [1.807, 2.05) is 0 Å². The summed E-state index contributed by atoms with van der Waals surface area (Å²) < 4.78 is 65.0. The lowest BCUT2D eigenvalue weighted by Crippen LogP contribution is -2.31. The number of hydrogen-bond donors (Lipinski definition) is 1. The summed E-state index contributed by atoms with van der Waals surface area (Å²) >= 11 is 0. The highest BCUT2D eigenvalue weighted by Crippen LogP contribution is 2.31. The van der Waals surface area contributed by atoms with E-state index in [4.69, 9.17) is 0 Å². The number of amides is 1. The van der Waals surface area contributed by atoms with Gasteiger partial charge in [-0.1, -0.05) is 0 Å². The van der Waals surface area contributed by atoms with Gasteiger partial charge >= 0.3 is 6.18 Å². The Morgan fingerprint density at radius 1 is 1.23 bits per heavy atom. The number of nitrogens with one attached hydrogen (secondary N) is 1. The molecular formula is C17H16F5N3O. The first-order valence-electron chi connectivity index (χ1n) is 8.12. The molecule has 140 valence electrons. The van der Waals surface area contributed by atoms with E-state index in [2.05, 4.69) is 10.4 Å². The summed E-state index contributed by atoms with van der Waals surface area (Å²) in [5.41, 5.74) is 1.55. The molecule has 0 saturated heterocycles. The molecule has 0 saturated carbocycles. The van der Waals surface area contributed by atoms with Crippen LogP contribution < -0.4 is 5.32 Å². The van der Waals surface area contributed by atoms with Crippen LogP contribution >= 0.6 is 0 Å². The molecule has 26 heavy (non-hydrogen) atoms. The van der Waals surface area contributed by atoms with E-state index in [1.165, 1.54) is 10.9 Å². The van der Waals surface area contributed by atoms with E-state index in [0.29, 0.717) is 30.5 Å². The fourth-order valence-corrected chi connectivity index (χ4v) is 3.11. The fourth-order valence-electron chi connectivity index (χ4n) is 3.11. The van der Waals surface area contributed by atoms with E-state index in [-0.39, 0.29) is 5.69 Å².